The number of nitrogens with zero attached hydrogens (tertiary/aromatic N) is 2. The van der Waals surface area contributed by atoms with Crippen molar-refractivity contribution in [3.63, 3.8) is 0 Å². The van der Waals surface area contributed by atoms with Gasteiger partial charge >= 0.3 is 0 Å². The maximum atomic E-state index is 13.2. The molecule has 96 valence electrons. The van der Waals surface area contributed by atoms with Gasteiger partial charge in [0.25, 0.3) is 5.91 Å². The van der Waals surface area contributed by atoms with Crippen LogP contribution in [-0.2, 0) is 0 Å². The molecule has 1 amide bonds. The van der Waals surface area contributed by atoms with Gasteiger partial charge in [-0.3, -0.25) is 4.79 Å². The molecule has 5 heteroatoms. The summed E-state index contributed by atoms with van der Waals surface area (Å²) >= 11 is 0. The lowest BCUT2D eigenvalue weighted by Crippen LogP contribution is -2.34. The van der Waals surface area contributed by atoms with Crippen molar-refractivity contribution in [1.29, 1.82) is 5.26 Å². The first-order valence-electron chi connectivity index (χ1n) is 5.72. The van der Waals surface area contributed by atoms with Crippen molar-refractivity contribution in [2.75, 3.05) is 18.8 Å². The summed E-state index contributed by atoms with van der Waals surface area (Å²) in [5.41, 5.74) is 5.92. The highest BCUT2D eigenvalue weighted by Gasteiger charge is 2.17. The fourth-order valence-electron chi connectivity index (χ4n) is 1.65. The molecule has 0 bridgehead atoms. The SMILES string of the molecule is CCN(CC(C)C#N)C(=O)c1cc(N)cc(F)c1. The minimum atomic E-state index is -0.539. The Bertz CT molecular complexity index is 461. The monoisotopic (exact) mass is 249 g/mol. The van der Waals surface area contributed by atoms with E-state index in [2.05, 4.69) is 6.07 Å². The van der Waals surface area contributed by atoms with Crippen LogP contribution < -0.4 is 5.73 Å². The molecule has 18 heavy (non-hydrogen) atoms. The lowest BCUT2D eigenvalue weighted by Gasteiger charge is -2.22. The average molecular weight is 249 g/mol. The number of amides is 1. The highest BCUT2D eigenvalue weighted by atomic mass is 19.1. The first-order valence-corrected chi connectivity index (χ1v) is 5.72. The Kier molecular flexibility index (Phi) is 4.67. The molecule has 0 aliphatic carbocycles. The van der Waals surface area contributed by atoms with Gasteiger partial charge in [-0.1, -0.05) is 0 Å². The predicted octanol–water partition coefficient (Wildman–Crippen LogP) is 2.03. The van der Waals surface area contributed by atoms with E-state index in [9.17, 15) is 9.18 Å². The highest BCUT2D eigenvalue weighted by molar-refractivity contribution is 5.95. The molecule has 0 fully saturated rings. The zero-order chi connectivity index (χ0) is 13.7. The van der Waals surface area contributed by atoms with Crippen molar-refractivity contribution < 1.29 is 9.18 Å². The second kappa shape index (κ2) is 6.01. The van der Waals surface area contributed by atoms with Crippen LogP contribution in [0.4, 0.5) is 10.1 Å². The fraction of sp³-hybridized carbons (Fsp3) is 0.385. The summed E-state index contributed by atoms with van der Waals surface area (Å²) in [6.07, 6.45) is 0. The Morgan fingerprint density at radius 2 is 2.22 bits per heavy atom. The normalized spacial score (nSPS) is 11.7. The minimum Gasteiger partial charge on any atom is -0.399 e. The largest absolute Gasteiger partial charge is 0.399 e. The van der Waals surface area contributed by atoms with E-state index in [1.165, 1.54) is 11.0 Å². The van der Waals surface area contributed by atoms with Crippen LogP contribution in [-0.4, -0.2) is 23.9 Å². The molecule has 1 atom stereocenters. The van der Waals surface area contributed by atoms with Crippen LogP contribution >= 0.6 is 0 Å². The number of nitriles is 1. The molecule has 0 heterocycles. The topological polar surface area (TPSA) is 70.1 Å². The Hall–Kier alpha value is -2.09. The molecule has 1 rings (SSSR count). The van der Waals surface area contributed by atoms with E-state index in [-0.39, 0.29) is 23.1 Å². The van der Waals surface area contributed by atoms with Crippen LogP contribution in [0, 0.1) is 23.1 Å². The quantitative estimate of drug-likeness (QED) is 0.830. The summed E-state index contributed by atoms with van der Waals surface area (Å²) in [5.74, 6) is -1.12. The van der Waals surface area contributed by atoms with E-state index in [4.69, 9.17) is 11.0 Å². The molecule has 0 saturated heterocycles. The van der Waals surface area contributed by atoms with Crippen molar-refractivity contribution in [2.24, 2.45) is 5.92 Å². The predicted molar refractivity (Wildman–Crippen MR) is 67.2 cm³/mol. The van der Waals surface area contributed by atoms with Gasteiger partial charge in [-0.2, -0.15) is 5.26 Å². The van der Waals surface area contributed by atoms with E-state index in [1.54, 1.807) is 6.92 Å². The molecule has 0 aromatic heterocycles. The van der Waals surface area contributed by atoms with Gasteiger partial charge in [0, 0.05) is 24.3 Å². The molecular formula is C13H16FN3O. The number of hydrogen-bond donors (Lipinski definition) is 1. The number of hydrogen-bond acceptors (Lipinski definition) is 3. The van der Waals surface area contributed by atoms with Gasteiger partial charge in [0.1, 0.15) is 5.82 Å². The first-order chi connectivity index (χ1) is 8.47. The van der Waals surface area contributed by atoms with E-state index < -0.39 is 5.82 Å². The van der Waals surface area contributed by atoms with Crippen LogP contribution in [0.1, 0.15) is 24.2 Å². The molecule has 1 aromatic carbocycles. The van der Waals surface area contributed by atoms with Crippen molar-refractivity contribution in [2.45, 2.75) is 13.8 Å². The van der Waals surface area contributed by atoms with Gasteiger partial charge in [0.05, 0.1) is 12.0 Å². The van der Waals surface area contributed by atoms with Crippen molar-refractivity contribution in [3.8, 4) is 6.07 Å². The number of carbonyl (C=O) groups excluding carboxylic acids is 1. The summed E-state index contributed by atoms with van der Waals surface area (Å²) in [7, 11) is 0. The molecule has 0 aliphatic heterocycles. The summed E-state index contributed by atoms with van der Waals surface area (Å²) in [6.45, 7) is 4.32. The number of rotatable bonds is 4. The van der Waals surface area contributed by atoms with Crippen LogP contribution in [0.5, 0.6) is 0 Å². The second-order valence-corrected chi connectivity index (χ2v) is 4.15. The van der Waals surface area contributed by atoms with E-state index in [0.29, 0.717) is 13.1 Å². The molecule has 1 unspecified atom stereocenters. The zero-order valence-corrected chi connectivity index (χ0v) is 10.5. The summed E-state index contributed by atoms with van der Waals surface area (Å²) < 4.78 is 13.2. The summed E-state index contributed by atoms with van der Waals surface area (Å²) in [6, 6.07) is 5.81. The number of nitrogen functional groups attached to an aromatic ring is 1. The number of anilines is 1. The lowest BCUT2D eigenvalue weighted by atomic mass is 10.1. The molecule has 4 nitrogen and oxygen atoms in total. The number of benzene rings is 1. The third-order valence-corrected chi connectivity index (χ3v) is 2.55. The Morgan fingerprint density at radius 3 is 2.72 bits per heavy atom. The third kappa shape index (κ3) is 3.45. The van der Waals surface area contributed by atoms with Crippen molar-refractivity contribution >= 4 is 11.6 Å². The van der Waals surface area contributed by atoms with Crippen molar-refractivity contribution in [3.05, 3.63) is 29.6 Å². The minimum absolute atomic E-state index is 0.208. The Labute approximate surface area is 106 Å². The Morgan fingerprint density at radius 1 is 1.56 bits per heavy atom. The maximum Gasteiger partial charge on any atom is 0.254 e. The second-order valence-electron chi connectivity index (χ2n) is 4.15. The van der Waals surface area contributed by atoms with Crippen molar-refractivity contribution in [1.82, 2.24) is 4.90 Å². The van der Waals surface area contributed by atoms with Gasteiger partial charge in [0.15, 0.2) is 0 Å². The number of halogens is 1. The molecule has 1 aromatic rings. The van der Waals surface area contributed by atoms with Crippen LogP contribution in [0.15, 0.2) is 18.2 Å². The Balaban J connectivity index is 2.93. The third-order valence-electron chi connectivity index (χ3n) is 2.55. The molecule has 0 spiro atoms. The molecule has 0 saturated carbocycles. The fourth-order valence-corrected chi connectivity index (χ4v) is 1.65. The molecule has 2 N–H and O–H groups in total. The molecular weight excluding hydrogens is 233 g/mol. The van der Waals surface area contributed by atoms with Crippen LogP contribution in [0.2, 0.25) is 0 Å². The molecule has 0 radical (unpaired) electrons. The van der Waals surface area contributed by atoms with E-state index >= 15 is 0 Å². The highest BCUT2D eigenvalue weighted by Crippen LogP contribution is 2.14. The number of nitrogens with two attached hydrogens (primary N) is 1. The molecule has 0 aliphatic rings. The van der Waals surface area contributed by atoms with Gasteiger partial charge in [0.2, 0.25) is 0 Å². The van der Waals surface area contributed by atoms with Gasteiger partial charge < -0.3 is 10.6 Å². The van der Waals surface area contributed by atoms with Gasteiger partial charge in [-0.05, 0) is 32.0 Å². The number of carbonyl (C=O) groups is 1. The lowest BCUT2D eigenvalue weighted by molar-refractivity contribution is 0.0752. The summed E-state index contributed by atoms with van der Waals surface area (Å²) in [5, 5.41) is 8.75. The standard InChI is InChI=1S/C13H16FN3O/c1-3-17(8-9(2)7-15)13(18)10-4-11(14)6-12(16)5-10/h4-6,9H,3,8,16H2,1-2H3. The van der Waals surface area contributed by atoms with E-state index in [1.807, 2.05) is 6.92 Å². The smallest absolute Gasteiger partial charge is 0.254 e. The zero-order valence-electron chi connectivity index (χ0n) is 10.5. The van der Waals surface area contributed by atoms with Gasteiger partial charge in [-0.25, -0.2) is 4.39 Å². The summed E-state index contributed by atoms with van der Waals surface area (Å²) in [4.78, 5) is 13.6. The van der Waals surface area contributed by atoms with Crippen LogP contribution in [0.25, 0.3) is 0 Å². The maximum absolute atomic E-state index is 13.2. The van der Waals surface area contributed by atoms with E-state index in [0.717, 1.165) is 12.1 Å². The average Bonchev–Trinajstić information content (AvgIpc) is 2.33. The van der Waals surface area contributed by atoms with Gasteiger partial charge in [-0.15, -0.1) is 0 Å². The van der Waals surface area contributed by atoms with Crippen LogP contribution in [0.3, 0.4) is 0 Å². The first kappa shape index (κ1) is 14.0.